The molecule has 0 bridgehead atoms. The third-order valence-electron chi connectivity index (χ3n) is 2.53. The van der Waals surface area contributed by atoms with Crippen LogP contribution in [-0.4, -0.2) is 24.9 Å². The lowest BCUT2D eigenvalue weighted by Gasteiger charge is -2.25. The van der Waals surface area contributed by atoms with E-state index < -0.39 is 0 Å². The molecule has 0 aromatic carbocycles. The van der Waals surface area contributed by atoms with Gasteiger partial charge >= 0.3 is 5.97 Å². The van der Waals surface area contributed by atoms with Crippen molar-refractivity contribution >= 4 is 18.0 Å². The fourth-order valence-corrected chi connectivity index (χ4v) is 2.26. The van der Waals surface area contributed by atoms with E-state index in [0.29, 0.717) is 12.7 Å². The first-order valence-electron chi connectivity index (χ1n) is 5.14. The molecule has 0 amide bonds. The van der Waals surface area contributed by atoms with Gasteiger partial charge in [0, 0.05) is 6.26 Å². The van der Waals surface area contributed by atoms with Crippen molar-refractivity contribution in [1.82, 2.24) is 0 Å². The fraction of sp³-hybridized carbons (Fsp3) is 0.900. The van der Waals surface area contributed by atoms with E-state index in [4.69, 9.17) is 8.92 Å². The van der Waals surface area contributed by atoms with Crippen molar-refractivity contribution in [3.63, 3.8) is 0 Å². The molecule has 4 heteroatoms. The molecule has 0 heterocycles. The summed E-state index contributed by atoms with van der Waals surface area (Å²) in [6, 6.07) is 0. The van der Waals surface area contributed by atoms with Gasteiger partial charge in [0.25, 0.3) is 0 Å². The molecule has 1 fully saturated rings. The molecule has 1 rings (SSSR count). The van der Waals surface area contributed by atoms with E-state index in [1.165, 1.54) is 12.0 Å². The summed E-state index contributed by atoms with van der Waals surface area (Å²) in [6.45, 7) is 2.33. The number of hydrogen-bond acceptors (Lipinski definition) is 4. The minimum absolute atomic E-state index is 0.0323. The summed E-state index contributed by atoms with van der Waals surface area (Å²) in [7, 11) is 0. The zero-order valence-electron chi connectivity index (χ0n) is 8.82. The Morgan fingerprint density at radius 1 is 1.36 bits per heavy atom. The van der Waals surface area contributed by atoms with Gasteiger partial charge in [0.15, 0.2) is 0 Å². The number of carbonyl (C=O) groups is 1. The van der Waals surface area contributed by atoms with Crippen molar-refractivity contribution in [2.75, 3.05) is 12.9 Å². The zero-order chi connectivity index (χ0) is 10.4. The van der Waals surface area contributed by atoms with E-state index in [1.807, 2.05) is 13.2 Å². The Bertz CT molecular complexity index is 176. The second-order valence-corrected chi connectivity index (χ2v) is 4.01. The monoisotopic (exact) mass is 218 g/mol. The van der Waals surface area contributed by atoms with E-state index in [1.54, 1.807) is 0 Å². The van der Waals surface area contributed by atoms with Gasteiger partial charge in [-0.25, -0.2) is 0 Å². The van der Waals surface area contributed by atoms with Crippen LogP contribution < -0.4 is 0 Å². The largest absolute Gasteiger partial charge is 0.466 e. The molecule has 0 spiro atoms. The Morgan fingerprint density at radius 3 is 2.50 bits per heavy atom. The van der Waals surface area contributed by atoms with Crippen molar-refractivity contribution in [2.45, 2.75) is 38.7 Å². The number of rotatable bonds is 4. The van der Waals surface area contributed by atoms with Crippen LogP contribution in [0.5, 0.6) is 0 Å². The predicted octanol–water partition coefficient (Wildman–Crippen LogP) is 2.40. The second kappa shape index (κ2) is 6.30. The summed E-state index contributed by atoms with van der Waals surface area (Å²) in [4.78, 5) is 11.4. The minimum atomic E-state index is -0.0323. The van der Waals surface area contributed by atoms with Gasteiger partial charge < -0.3 is 8.92 Å². The Labute approximate surface area is 89.7 Å². The SMILES string of the molecule is CCOC(=O)C1CCC(OSC)CC1. The number of hydrogen-bond donors (Lipinski definition) is 0. The van der Waals surface area contributed by atoms with Crippen molar-refractivity contribution < 1.29 is 13.7 Å². The van der Waals surface area contributed by atoms with Crippen LogP contribution in [0.2, 0.25) is 0 Å². The predicted molar refractivity (Wildman–Crippen MR) is 57.0 cm³/mol. The maximum Gasteiger partial charge on any atom is 0.308 e. The molecule has 3 nitrogen and oxygen atoms in total. The van der Waals surface area contributed by atoms with Crippen LogP contribution in [0, 0.1) is 5.92 Å². The molecular weight excluding hydrogens is 200 g/mol. The molecule has 1 saturated carbocycles. The van der Waals surface area contributed by atoms with Crippen LogP contribution >= 0.6 is 12.0 Å². The molecule has 0 aromatic heterocycles. The second-order valence-electron chi connectivity index (χ2n) is 3.49. The van der Waals surface area contributed by atoms with E-state index in [9.17, 15) is 4.79 Å². The van der Waals surface area contributed by atoms with Crippen LogP contribution in [-0.2, 0) is 13.7 Å². The molecule has 1 aliphatic rings. The molecule has 0 aliphatic heterocycles. The van der Waals surface area contributed by atoms with Gasteiger partial charge in [0.1, 0.15) is 0 Å². The molecule has 0 saturated heterocycles. The Hall–Kier alpha value is -0.220. The van der Waals surface area contributed by atoms with Crippen molar-refractivity contribution in [2.24, 2.45) is 5.92 Å². The average Bonchev–Trinajstić information content (AvgIpc) is 2.20. The summed E-state index contributed by atoms with van der Waals surface area (Å²) >= 11 is 1.41. The number of ether oxygens (including phenoxy) is 1. The van der Waals surface area contributed by atoms with Gasteiger partial charge in [-0.15, -0.1) is 0 Å². The summed E-state index contributed by atoms with van der Waals surface area (Å²) in [5.41, 5.74) is 0. The summed E-state index contributed by atoms with van der Waals surface area (Å²) < 4.78 is 10.4. The van der Waals surface area contributed by atoms with E-state index in [-0.39, 0.29) is 11.9 Å². The van der Waals surface area contributed by atoms with Crippen molar-refractivity contribution in [3.05, 3.63) is 0 Å². The maximum absolute atomic E-state index is 11.4. The van der Waals surface area contributed by atoms with Gasteiger partial charge in [-0.05, 0) is 44.6 Å². The Kier molecular flexibility index (Phi) is 5.33. The van der Waals surface area contributed by atoms with Crippen molar-refractivity contribution in [3.8, 4) is 0 Å². The highest BCUT2D eigenvalue weighted by molar-refractivity contribution is 7.93. The van der Waals surface area contributed by atoms with E-state index in [0.717, 1.165) is 25.7 Å². The third-order valence-corrected chi connectivity index (χ3v) is 2.99. The Morgan fingerprint density at radius 2 is 2.00 bits per heavy atom. The normalized spacial score (nSPS) is 27.3. The third kappa shape index (κ3) is 3.50. The van der Waals surface area contributed by atoms with Gasteiger partial charge in [0.05, 0.1) is 18.6 Å². The number of esters is 1. The van der Waals surface area contributed by atoms with Gasteiger partial charge in [-0.1, -0.05) is 0 Å². The van der Waals surface area contributed by atoms with E-state index in [2.05, 4.69) is 0 Å². The summed E-state index contributed by atoms with van der Waals surface area (Å²) in [5.74, 6) is 0.0757. The quantitative estimate of drug-likeness (QED) is 0.536. The highest BCUT2D eigenvalue weighted by Crippen LogP contribution is 2.28. The van der Waals surface area contributed by atoms with Crippen LogP contribution in [0.1, 0.15) is 32.6 Å². The topological polar surface area (TPSA) is 35.5 Å². The molecule has 1 aliphatic carbocycles. The molecular formula is C10H18O3S. The zero-order valence-corrected chi connectivity index (χ0v) is 9.64. The van der Waals surface area contributed by atoms with Crippen LogP contribution in [0.4, 0.5) is 0 Å². The summed E-state index contributed by atoms with van der Waals surface area (Å²) in [6.07, 6.45) is 6.02. The minimum Gasteiger partial charge on any atom is -0.466 e. The average molecular weight is 218 g/mol. The van der Waals surface area contributed by atoms with E-state index >= 15 is 0 Å². The molecule has 0 N–H and O–H groups in total. The van der Waals surface area contributed by atoms with Crippen LogP contribution in [0.15, 0.2) is 0 Å². The van der Waals surface area contributed by atoms with Crippen molar-refractivity contribution in [1.29, 1.82) is 0 Å². The first kappa shape index (κ1) is 11.9. The molecule has 0 aromatic rings. The van der Waals surface area contributed by atoms with Crippen LogP contribution in [0.25, 0.3) is 0 Å². The molecule has 82 valence electrons. The lowest BCUT2D eigenvalue weighted by Crippen LogP contribution is -2.26. The van der Waals surface area contributed by atoms with Crippen LogP contribution in [0.3, 0.4) is 0 Å². The lowest BCUT2D eigenvalue weighted by atomic mass is 9.87. The highest BCUT2D eigenvalue weighted by Gasteiger charge is 2.27. The summed E-state index contributed by atoms with van der Waals surface area (Å²) in [5, 5.41) is 0. The Balaban J connectivity index is 2.24. The van der Waals surface area contributed by atoms with Gasteiger partial charge in [0.2, 0.25) is 0 Å². The molecule has 14 heavy (non-hydrogen) atoms. The molecule has 0 atom stereocenters. The smallest absolute Gasteiger partial charge is 0.308 e. The standard InChI is InChI=1S/C10H18O3S/c1-3-12-10(11)8-4-6-9(7-5-8)13-14-2/h8-9H,3-7H2,1-2H3. The maximum atomic E-state index is 11.4. The first-order chi connectivity index (χ1) is 6.77. The molecule has 0 radical (unpaired) electrons. The highest BCUT2D eigenvalue weighted by atomic mass is 32.2. The fourth-order valence-electron chi connectivity index (χ4n) is 1.79. The molecule has 0 unspecified atom stereocenters. The van der Waals surface area contributed by atoms with Gasteiger partial charge in [-0.2, -0.15) is 0 Å². The van der Waals surface area contributed by atoms with Gasteiger partial charge in [-0.3, -0.25) is 4.79 Å². The number of carbonyl (C=O) groups excluding carboxylic acids is 1. The lowest BCUT2D eigenvalue weighted by molar-refractivity contribution is -0.149. The first-order valence-corrected chi connectivity index (χ1v) is 6.29.